The number of nitrogens with zero attached hydrogens (tertiary/aromatic N) is 1. The number of rotatable bonds is 5. The Balaban J connectivity index is 1.66. The lowest BCUT2D eigenvalue weighted by atomic mass is 10.0. The van der Waals surface area contributed by atoms with Crippen molar-refractivity contribution in [2.24, 2.45) is 5.92 Å². The molecule has 0 radical (unpaired) electrons. The molecule has 134 valence electrons. The molecule has 1 aliphatic heterocycles. The molecular weight excluding hydrogens is 356 g/mol. The van der Waals surface area contributed by atoms with Crippen LogP contribution in [-0.2, 0) is 16.6 Å². The van der Waals surface area contributed by atoms with Gasteiger partial charge in [-0.1, -0.05) is 36.7 Å². The van der Waals surface area contributed by atoms with Gasteiger partial charge in [-0.2, -0.15) is 4.31 Å². The molecular formula is C19H23ClN2O2S. The van der Waals surface area contributed by atoms with Gasteiger partial charge in [0, 0.05) is 30.3 Å². The van der Waals surface area contributed by atoms with Gasteiger partial charge in [0.2, 0.25) is 10.0 Å². The highest BCUT2D eigenvalue weighted by Gasteiger charge is 2.27. The molecule has 1 N–H and O–H groups in total. The Morgan fingerprint density at radius 3 is 2.36 bits per heavy atom. The highest BCUT2D eigenvalue weighted by Crippen LogP contribution is 2.24. The summed E-state index contributed by atoms with van der Waals surface area (Å²) >= 11 is 6.15. The Morgan fingerprint density at radius 1 is 1.08 bits per heavy atom. The van der Waals surface area contributed by atoms with E-state index >= 15 is 0 Å². The topological polar surface area (TPSA) is 49.4 Å². The second kappa shape index (κ2) is 7.77. The molecule has 6 heteroatoms. The monoisotopic (exact) mass is 378 g/mol. The highest BCUT2D eigenvalue weighted by atomic mass is 35.5. The van der Waals surface area contributed by atoms with Crippen LogP contribution < -0.4 is 5.32 Å². The third kappa shape index (κ3) is 4.35. The minimum absolute atomic E-state index is 0.352. The van der Waals surface area contributed by atoms with Crippen LogP contribution in [0.15, 0.2) is 53.4 Å². The van der Waals surface area contributed by atoms with E-state index in [4.69, 9.17) is 11.6 Å². The van der Waals surface area contributed by atoms with Gasteiger partial charge >= 0.3 is 0 Å². The summed E-state index contributed by atoms with van der Waals surface area (Å²) in [6.07, 6.45) is 1.85. The molecule has 25 heavy (non-hydrogen) atoms. The predicted molar refractivity (Wildman–Crippen MR) is 102 cm³/mol. The Bertz CT molecular complexity index is 814. The zero-order chi connectivity index (χ0) is 17.9. The lowest BCUT2D eigenvalue weighted by Crippen LogP contribution is -2.37. The molecule has 1 fully saturated rings. The van der Waals surface area contributed by atoms with Gasteiger partial charge in [0.15, 0.2) is 0 Å². The molecule has 2 aromatic rings. The number of benzene rings is 2. The summed E-state index contributed by atoms with van der Waals surface area (Å²) < 4.78 is 27.0. The molecule has 0 unspecified atom stereocenters. The zero-order valence-electron chi connectivity index (χ0n) is 14.3. The van der Waals surface area contributed by atoms with E-state index in [0.29, 0.717) is 35.5 Å². The third-order valence-corrected chi connectivity index (χ3v) is 6.96. The minimum atomic E-state index is -3.39. The zero-order valence-corrected chi connectivity index (χ0v) is 15.9. The Morgan fingerprint density at radius 2 is 1.72 bits per heavy atom. The first-order chi connectivity index (χ1) is 12.0. The normalized spacial score (nSPS) is 16.7. The lowest BCUT2D eigenvalue weighted by molar-refractivity contribution is 0.288. The summed E-state index contributed by atoms with van der Waals surface area (Å²) in [5.74, 6) is 0.600. The van der Waals surface area contributed by atoms with E-state index in [0.717, 1.165) is 24.1 Å². The van der Waals surface area contributed by atoms with Crippen molar-refractivity contribution in [2.45, 2.75) is 31.2 Å². The molecule has 0 bridgehead atoms. The number of hydrogen-bond acceptors (Lipinski definition) is 3. The van der Waals surface area contributed by atoms with Crippen LogP contribution in [0.3, 0.4) is 0 Å². The van der Waals surface area contributed by atoms with Crippen molar-refractivity contribution >= 4 is 27.3 Å². The van der Waals surface area contributed by atoms with Gasteiger partial charge in [-0.15, -0.1) is 0 Å². The first-order valence-electron chi connectivity index (χ1n) is 8.54. The molecule has 1 heterocycles. The van der Waals surface area contributed by atoms with E-state index in [1.54, 1.807) is 28.6 Å². The van der Waals surface area contributed by atoms with Gasteiger partial charge in [0.1, 0.15) is 0 Å². The van der Waals surface area contributed by atoms with E-state index in [2.05, 4.69) is 12.2 Å². The maximum absolute atomic E-state index is 12.7. The Kier molecular flexibility index (Phi) is 5.67. The SMILES string of the molecule is CC1CCN(S(=O)(=O)c2ccc(NCc3ccccc3Cl)cc2)CC1. The maximum Gasteiger partial charge on any atom is 0.243 e. The molecule has 4 nitrogen and oxygen atoms in total. The van der Waals surface area contributed by atoms with Gasteiger partial charge in [0.25, 0.3) is 0 Å². The number of nitrogens with one attached hydrogen (secondary N) is 1. The smallest absolute Gasteiger partial charge is 0.243 e. The summed E-state index contributed by atoms with van der Waals surface area (Å²) in [6, 6.07) is 14.6. The minimum Gasteiger partial charge on any atom is -0.381 e. The molecule has 1 saturated heterocycles. The second-order valence-electron chi connectivity index (χ2n) is 6.56. The summed E-state index contributed by atoms with van der Waals surface area (Å²) in [5, 5.41) is 3.99. The number of piperidine rings is 1. The van der Waals surface area contributed by atoms with E-state index in [9.17, 15) is 8.42 Å². The van der Waals surface area contributed by atoms with Crippen molar-refractivity contribution in [1.82, 2.24) is 4.31 Å². The summed E-state index contributed by atoms with van der Waals surface area (Å²) in [4.78, 5) is 0.352. The van der Waals surface area contributed by atoms with Crippen LogP contribution in [0, 0.1) is 5.92 Å². The van der Waals surface area contributed by atoms with Crippen molar-refractivity contribution in [3.05, 3.63) is 59.1 Å². The van der Waals surface area contributed by atoms with E-state index in [-0.39, 0.29) is 0 Å². The molecule has 1 aliphatic rings. The van der Waals surface area contributed by atoms with Crippen LogP contribution in [0.25, 0.3) is 0 Å². The lowest BCUT2D eigenvalue weighted by Gasteiger charge is -2.29. The van der Waals surface area contributed by atoms with Crippen molar-refractivity contribution in [3.63, 3.8) is 0 Å². The average molecular weight is 379 g/mol. The fourth-order valence-corrected chi connectivity index (χ4v) is 4.63. The number of sulfonamides is 1. The molecule has 0 spiro atoms. The quantitative estimate of drug-likeness (QED) is 0.840. The standard InChI is InChI=1S/C19H23ClN2O2S/c1-15-10-12-22(13-11-15)25(23,24)18-8-6-17(7-9-18)21-14-16-4-2-3-5-19(16)20/h2-9,15,21H,10-14H2,1H3. The fraction of sp³-hybridized carbons (Fsp3) is 0.368. The molecule has 0 aliphatic carbocycles. The average Bonchev–Trinajstić information content (AvgIpc) is 2.62. The van der Waals surface area contributed by atoms with Crippen LogP contribution in [0.4, 0.5) is 5.69 Å². The second-order valence-corrected chi connectivity index (χ2v) is 8.90. The van der Waals surface area contributed by atoms with Crippen LogP contribution in [-0.4, -0.2) is 25.8 Å². The Hall–Kier alpha value is -1.56. The largest absolute Gasteiger partial charge is 0.381 e. The molecule has 0 saturated carbocycles. The number of hydrogen-bond donors (Lipinski definition) is 1. The van der Waals surface area contributed by atoms with Crippen LogP contribution in [0.5, 0.6) is 0 Å². The predicted octanol–water partition coefficient (Wildman–Crippen LogP) is 4.37. The van der Waals surface area contributed by atoms with Crippen LogP contribution >= 0.6 is 11.6 Å². The van der Waals surface area contributed by atoms with E-state index in [1.165, 1.54) is 0 Å². The number of anilines is 1. The molecule has 0 amide bonds. The first-order valence-corrected chi connectivity index (χ1v) is 10.4. The molecule has 3 rings (SSSR count). The van der Waals surface area contributed by atoms with E-state index in [1.807, 2.05) is 24.3 Å². The molecule has 0 aromatic heterocycles. The van der Waals surface area contributed by atoms with Gasteiger partial charge in [0.05, 0.1) is 4.90 Å². The fourth-order valence-electron chi connectivity index (χ4n) is 2.96. The van der Waals surface area contributed by atoms with E-state index < -0.39 is 10.0 Å². The van der Waals surface area contributed by atoms with Crippen molar-refractivity contribution in [2.75, 3.05) is 18.4 Å². The van der Waals surface area contributed by atoms with Crippen molar-refractivity contribution in [1.29, 1.82) is 0 Å². The number of halogens is 1. The molecule has 2 aromatic carbocycles. The summed E-state index contributed by atoms with van der Waals surface area (Å²) in [7, 11) is -3.39. The highest BCUT2D eigenvalue weighted by molar-refractivity contribution is 7.89. The van der Waals surface area contributed by atoms with Gasteiger partial charge < -0.3 is 5.32 Å². The van der Waals surface area contributed by atoms with Gasteiger partial charge in [-0.05, 0) is 54.7 Å². The van der Waals surface area contributed by atoms with Crippen molar-refractivity contribution in [3.8, 4) is 0 Å². The third-order valence-electron chi connectivity index (χ3n) is 4.68. The van der Waals surface area contributed by atoms with Gasteiger partial charge in [-0.25, -0.2) is 8.42 Å². The van der Waals surface area contributed by atoms with Crippen LogP contribution in [0.2, 0.25) is 5.02 Å². The molecule has 0 atom stereocenters. The summed E-state index contributed by atoms with van der Waals surface area (Å²) in [6.45, 7) is 3.98. The summed E-state index contributed by atoms with van der Waals surface area (Å²) in [5.41, 5.74) is 1.87. The maximum atomic E-state index is 12.7. The Labute approximate surface area is 154 Å². The van der Waals surface area contributed by atoms with Gasteiger partial charge in [-0.3, -0.25) is 0 Å². The van der Waals surface area contributed by atoms with Crippen molar-refractivity contribution < 1.29 is 8.42 Å². The first kappa shape index (κ1) is 18.2. The van der Waals surface area contributed by atoms with Crippen LogP contribution in [0.1, 0.15) is 25.3 Å².